The first-order valence-electron chi connectivity index (χ1n) is 20.1. The molecule has 4 aromatic carbocycles. The molecule has 2 saturated carbocycles. The van der Waals surface area contributed by atoms with Crippen LogP contribution in [0.15, 0.2) is 121 Å². The average Bonchev–Trinajstić information content (AvgIpc) is 3.93. The van der Waals surface area contributed by atoms with Crippen molar-refractivity contribution in [2.45, 2.75) is 53.6 Å². The van der Waals surface area contributed by atoms with E-state index in [2.05, 4.69) is 59.2 Å². The molecule has 2 N–H and O–H groups in total. The Bertz CT molecular complexity index is 1720. The maximum absolute atomic E-state index is 13.0. The van der Waals surface area contributed by atoms with Crippen molar-refractivity contribution < 1.29 is 48.1 Å². The fourth-order valence-electron chi connectivity index (χ4n) is 6.53. The molecule has 8 nitrogen and oxygen atoms in total. The van der Waals surface area contributed by atoms with Gasteiger partial charge in [-0.1, -0.05) is 149 Å². The molecule has 4 aromatic rings. The fourth-order valence-corrected chi connectivity index (χ4v) is 11.4. The van der Waals surface area contributed by atoms with Gasteiger partial charge in [0, 0.05) is 25.2 Å². The molecule has 0 heterocycles. The third kappa shape index (κ3) is 14.7. The zero-order valence-corrected chi connectivity index (χ0v) is 39.0. The summed E-state index contributed by atoms with van der Waals surface area (Å²) in [5.41, 5.74) is 1.96. The SMILES string of the molecule is CC(=O)N[C@H](COC(=O)[C]1[CH][CH][CH][C]1P(c1ccccc1)c1ccccc1)C(C)C.CC(=O)N[C@H](COC(=O)[C]1[CH][CH][CH][C]1P(c1ccccc1)c1ccccc1)C(C)C.[Ru+2]. The molecule has 0 aromatic heterocycles. The minimum Gasteiger partial charge on any atom is -0.463 e. The number of carbonyl (C=O) groups is 4. The quantitative estimate of drug-likeness (QED) is 0.0705. The minimum absolute atomic E-state index is 0. The molecule has 2 aliphatic rings. The van der Waals surface area contributed by atoms with E-state index < -0.39 is 15.8 Å². The number of hydrogen-bond donors (Lipinski definition) is 2. The Hall–Kier alpha value is -3.76. The van der Waals surface area contributed by atoms with Crippen molar-refractivity contribution in [3.8, 4) is 0 Å². The van der Waals surface area contributed by atoms with Gasteiger partial charge in [0.05, 0.1) is 12.1 Å². The summed E-state index contributed by atoms with van der Waals surface area (Å²) < 4.78 is 11.3. The number of benzene rings is 4. The van der Waals surface area contributed by atoms with E-state index in [0.29, 0.717) is 11.8 Å². The Morgan fingerprint density at radius 3 is 1.00 bits per heavy atom. The molecule has 0 bridgehead atoms. The molecule has 0 aliphatic heterocycles. The zero-order valence-electron chi connectivity index (χ0n) is 35.4. The van der Waals surface area contributed by atoms with E-state index in [-0.39, 0.29) is 80.4 Å². The van der Waals surface area contributed by atoms with Gasteiger partial charge in [-0.15, -0.1) is 0 Å². The zero-order chi connectivity index (χ0) is 43.0. The first kappa shape index (κ1) is 49.9. The van der Waals surface area contributed by atoms with Crippen molar-refractivity contribution in [2.75, 3.05) is 13.2 Å². The molecule has 2 aliphatic carbocycles. The molecular weight excluding hydrogens is 888 g/mol. The van der Waals surface area contributed by atoms with Gasteiger partial charge in [0.15, 0.2) is 0 Å². The van der Waals surface area contributed by atoms with E-state index in [0.717, 1.165) is 11.3 Å². The van der Waals surface area contributed by atoms with Crippen LogP contribution in [0.3, 0.4) is 0 Å². The summed E-state index contributed by atoms with van der Waals surface area (Å²) in [6.45, 7) is 11.2. The maximum atomic E-state index is 13.0. The number of ether oxygens (including phenoxy) is 2. The summed E-state index contributed by atoms with van der Waals surface area (Å²) in [7, 11) is -1.77. The van der Waals surface area contributed by atoms with E-state index in [9.17, 15) is 19.2 Å². The van der Waals surface area contributed by atoms with E-state index >= 15 is 0 Å². The third-order valence-corrected chi connectivity index (χ3v) is 14.7. The van der Waals surface area contributed by atoms with Crippen molar-refractivity contribution in [3.63, 3.8) is 0 Å². The average molecular weight is 942 g/mol. The number of nitrogens with one attached hydrogen (secondary N) is 2. The van der Waals surface area contributed by atoms with Gasteiger partial charge in [-0.2, -0.15) is 0 Å². The minimum atomic E-state index is -0.885. The molecule has 11 heteroatoms. The van der Waals surface area contributed by atoms with Crippen LogP contribution in [0.2, 0.25) is 0 Å². The topological polar surface area (TPSA) is 111 Å². The molecule has 0 spiro atoms. The molecule has 2 atom stereocenters. The monoisotopic (exact) mass is 942 g/mol. The van der Waals surface area contributed by atoms with Gasteiger partial charge in [-0.25, -0.2) is 0 Å². The van der Waals surface area contributed by atoms with Gasteiger partial charge < -0.3 is 20.1 Å². The smallest absolute Gasteiger partial charge is 0.463 e. The molecule has 6 rings (SSSR count). The second kappa shape index (κ2) is 25.4. The van der Waals surface area contributed by atoms with Crippen LogP contribution in [0.1, 0.15) is 41.5 Å². The summed E-state index contributed by atoms with van der Waals surface area (Å²) in [5, 5.41) is 10.4. The van der Waals surface area contributed by atoms with Crippen LogP contribution in [0.5, 0.6) is 0 Å². The number of esters is 2. The van der Waals surface area contributed by atoms with Crippen LogP contribution in [0.25, 0.3) is 0 Å². The number of amides is 2. The first-order valence-corrected chi connectivity index (χ1v) is 22.8. The summed E-state index contributed by atoms with van der Waals surface area (Å²) >= 11 is 0. The van der Waals surface area contributed by atoms with Crippen LogP contribution < -0.4 is 31.9 Å². The molecule has 2 fully saturated rings. The molecule has 2 amide bonds. The van der Waals surface area contributed by atoms with Crippen molar-refractivity contribution in [1.29, 1.82) is 0 Å². The molecule has 0 unspecified atom stereocenters. The third-order valence-electron chi connectivity index (χ3n) is 9.74. The first-order chi connectivity index (χ1) is 28.9. The van der Waals surface area contributed by atoms with E-state index in [1.165, 1.54) is 35.1 Å². The Balaban J connectivity index is 0.000000264. The van der Waals surface area contributed by atoms with E-state index in [1.54, 1.807) is 0 Å². The summed E-state index contributed by atoms with van der Waals surface area (Å²) in [5.74, 6) is 0.512. The maximum Gasteiger partial charge on any atom is 2.00 e. The van der Waals surface area contributed by atoms with Gasteiger partial charge in [0.25, 0.3) is 0 Å². The second-order valence-electron chi connectivity index (χ2n) is 15.0. The summed E-state index contributed by atoms with van der Waals surface area (Å²) in [6, 6.07) is 40.6. The van der Waals surface area contributed by atoms with Crippen molar-refractivity contribution in [3.05, 3.63) is 183 Å². The van der Waals surface area contributed by atoms with Gasteiger partial charge in [-0.3, -0.25) is 19.2 Å². The van der Waals surface area contributed by atoms with Crippen LogP contribution in [-0.4, -0.2) is 49.1 Å². The number of hydrogen-bond acceptors (Lipinski definition) is 6. The van der Waals surface area contributed by atoms with Crippen molar-refractivity contribution in [1.82, 2.24) is 10.6 Å². The molecule has 10 radical (unpaired) electrons. The van der Waals surface area contributed by atoms with Crippen molar-refractivity contribution in [2.24, 2.45) is 11.8 Å². The Morgan fingerprint density at radius 1 is 0.475 bits per heavy atom. The molecule has 0 saturated heterocycles. The van der Waals surface area contributed by atoms with E-state index in [4.69, 9.17) is 9.47 Å². The van der Waals surface area contributed by atoms with Gasteiger partial charge in [-0.05, 0) is 87.4 Å². The standard InChI is InChI=1S/2C25H27NO3P.Ru/c2*1-18(2)23(26-19(3)27)17-29-25(28)22-15-10-16-24(22)30(20-11-6-4-7-12-20)21-13-8-5-9-14-21;/h2*4-16,18,23H,17H2,1-3H3,(H,26,27);/q;;+2/t2*23-;/m11./s1. The molecule has 61 heavy (non-hydrogen) atoms. The fraction of sp³-hybridized carbons (Fsp3) is 0.240. The normalized spacial score (nSPS) is 15.8. The van der Waals surface area contributed by atoms with Crippen LogP contribution in [0, 0.1) is 73.5 Å². The van der Waals surface area contributed by atoms with Gasteiger partial charge in [0.1, 0.15) is 25.0 Å². The Morgan fingerprint density at radius 2 is 0.754 bits per heavy atom. The van der Waals surface area contributed by atoms with Gasteiger partial charge >= 0.3 is 31.4 Å². The molecule has 316 valence electrons. The Kier molecular flexibility index (Phi) is 20.8. The molecular formula is C50H54N2O6P2Ru+2. The van der Waals surface area contributed by atoms with Crippen LogP contribution in [0.4, 0.5) is 0 Å². The Labute approximate surface area is 379 Å². The van der Waals surface area contributed by atoms with Crippen LogP contribution >= 0.6 is 15.8 Å². The van der Waals surface area contributed by atoms with Crippen LogP contribution in [-0.2, 0) is 48.1 Å². The van der Waals surface area contributed by atoms with Gasteiger partial charge in [0.2, 0.25) is 11.8 Å². The second-order valence-corrected chi connectivity index (χ2v) is 19.3. The largest absolute Gasteiger partial charge is 2.00 e. The predicted octanol–water partition coefficient (Wildman–Crippen LogP) is 7.11. The predicted molar refractivity (Wildman–Crippen MR) is 244 cm³/mol. The number of carbonyl (C=O) groups excluding carboxylic acids is 4. The summed E-state index contributed by atoms with van der Waals surface area (Å²) in [6.07, 6.45) is 11.5. The van der Waals surface area contributed by atoms with E-state index in [1.807, 2.05) is 139 Å². The summed E-state index contributed by atoms with van der Waals surface area (Å²) in [4.78, 5) is 48.8. The van der Waals surface area contributed by atoms with Crippen molar-refractivity contribution >= 4 is 60.8 Å². The number of rotatable bonds is 16.